The molecule has 1 rings (SSSR count). The molecule has 0 aliphatic heterocycles. The number of rotatable bonds is 4. The maximum atomic E-state index is 9.20. The van der Waals surface area contributed by atoms with Crippen LogP contribution in [0.2, 0.25) is 0 Å². The molecule has 0 heterocycles. The van der Waals surface area contributed by atoms with Crippen molar-refractivity contribution >= 4 is 15.9 Å². The van der Waals surface area contributed by atoms with E-state index in [0.717, 1.165) is 15.1 Å². The molecule has 5 heteroatoms. The van der Waals surface area contributed by atoms with Crippen LogP contribution in [0.5, 0.6) is 11.5 Å². The van der Waals surface area contributed by atoms with Crippen LogP contribution in [-0.2, 0) is 6.54 Å². The Bertz CT molecular complexity index is 342. The largest absolute Gasteiger partial charge is 0.497 e. The average molecular weight is 276 g/mol. The normalized spacial score (nSPS) is 10.5. The van der Waals surface area contributed by atoms with Crippen LogP contribution in [0.25, 0.3) is 0 Å². The Labute approximate surface area is 97.5 Å². The molecule has 1 N–H and O–H groups in total. The highest BCUT2D eigenvalue weighted by Crippen LogP contribution is 2.32. The van der Waals surface area contributed by atoms with Crippen molar-refractivity contribution in [3.8, 4) is 11.5 Å². The molecule has 0 atom stereocenters. The van der Waals surface area contributed by atoms with E-state index in [1.807, 2.05) is 6.07 Å². The first-order chi connectivity index (χ1) is 7.08. The van der Waals surface area contributed by atoms with Crippen LogP contribution < -0.4 is 9.47 Å². The van der Waals surface area contributed by atoms with E-state index in [1.165, 1.54) is 0 Å². The molecule has 15 heavy (non-hydrogen) atoms. The third-order valence-electron chi connectivity index (χ3n) is 1.97. The molecular formula is C10H14BrNO3. The summed E-state index contributed by atoms with van der Waals surface area (Å²) in [5.74, 6) is 1.39. The van der Waals surface area contributed by atoms with Gasteiger partial charge in [0.15, 0.2) is 0 Å². The molecule has 0 aromatic heterocycles. The summed E-state index contributed by atoms with van der Waals surface area (Å²) in [5.41, 5.74) is 0.878. The summed E-state index contributed by atoms with van der Waals surface area (Å²) in [6.45, 7) is 0.383. The molecule has 0 aliphatic rings. The molecule has 0 spiro atoms. The minimum absolute atomic E-state index is 0.383. The quantitative estimate of drug-likeness (QED) is 0.857. The van der Waals surface area contributed by atoms with Gasteiger partial charge in [0.1, 0.15) is 11.5 Å². The summed E-state index contributed by atoms with van der Waals surface area (Å²) in [6.07, 6.45) is 0. The van der Waals surface area contributed by atoms with Crippen LogP contribution in [0.15, 0.2) is 16.6 Å². The Morgan fingerprint density at radius 3 is 2.47 bits per heavy atom. The number of hydroxylamine groups is 2. The lowest BCUT2D eigenvalue weighted by Gasteiger charge is -2.15. The molecule has 0 saturated carbocycles. The number of hydrogen-bond acceptors (Lipinski definition) is 4. The molecule has 0 fully saturated rings. The van der Waals surface area contributed by atoms with Gasteiger partial charge in [-0.1, -0.05) is 15.9 Å². The molecule has 0 amide bonds. The molecule has 1 aromatic carbocycles. The second-order valence-corrected chi connectivity index (χ2v) is 3.96. The topological polar surface area (TPSA) is 41.9 Å². The van der Waals surface area contributed by atoms with Gasteiger partial charge in [-0.15, -0.1) is 0 Å². The van der Waals surface area contributed by atoms with E-state index < -0.39 is 0 Å². The van der Waals surface area contributed by atoms with E-state index in [-0.39, 0.29) is 0 Å². The van der Waals surface area contributed by atoms with Crippen LogP contribution in [-0.4, -0.2) is 31.5 Å². The Morgan fingerprint density at radius 2 is 2.00 bits per heavy atom. The zero-order valence-electron chi connectivity index (χ0n) is 8.95. The van der Waals surface area contributed by atoms with Gasteiger partial charge in [0.2, 0.25) is 0 Å². The van der Waals surface area contributed by atoms with Crippen LogP contribution >= 0.6 is 15.9 Å². The van der Waals surface area contributed by atoms with Gasteiger partial charge < -0.3 is 14.7 Å². The van der Waals surface area contributed by atoms with Crippen molar-refractivity contribution in [2.75, 3.05) is 21.3 Å². The smallest absolute Gasteiger partial charge is 0.128 e. The van der Waals surface area contributed by atoms with E-state index in [0.29, 0.717) is 18.0 Å². The molecule has 84 valence electrons. The van der Waals surface area contributed by atoms with Gasteiger partial charge in [-0.25, -0.2) is 0 Å². The van der Waals surface area contributed by atoms with E-state index in [4.69, 9.17) is 9.47 Å². The Hall–Kier alpha value is -0.780. The third kappa shape index (κ3) is 3.09. The fourth-order valence-corrected chi connectivity index (χ4v) is 1.82. The monoisotopic (exact) mass is 275 g/mol. The lowest BCUT2D eigenvalue weighted by molar-refractivity contribution is -0.0737. The maximum absolute atomic E-state index is 9.20. The van der Waals surface area contributed by atoms with Crippen LogP contribution in [0.3, 0.4) is 0 Å². The second-order valence-electron chi connectivity index (χ2n) is 3.11. The zero-order valence-corrected chi connectivity index (χ0v) is 10.5. The summed E-state index contributed by atoms with van der Waals surface area (Å²) in [5, 5.41) is 10.3. The summed E-state index contributed by atoms with van der Waals surface area (Å²) in [6, 6.07) is 3.62. The molecule has 0 radical (unpaired) electrons. The predicted octanol–water partition coefficient (Wildman–Crippen LogP) is 2.29. The molecule has 1 aromatic rings. The van der Waals surface area contributed by atoms with Gasteiger partial charge >= 0.3 is 0 Å². The highest BCUT2D eigenvalue weighted by molar-refractivity contribution is 9.10. The summed E-state index contributed by atoms with van der Waals surface area (Å²) < 4.78 is 11.2. The van der Waals surface area contributed by atoms with Crippen LogP contribution in [0, 0.1) is 0 Å². The lowest BCUT2D eigenvalue weighted by Crippen LogP contribution is -2.13. The van der Waals surface area contributed by atoms with Gasteiger partial charge in [0.25, 0.3) is 0 Å². The Balaban J connectivity index is 3.12. The Morgan fingerprint density at radius 1 is 1.33 bits per heavy atom. The minimum Gasteiger partial charge on any atom is -0.497 e. The highest BCUT2D eigenvalue weighted by atomic mass is 79.9. The first-order valence-electron chi connectivity index (χ1n) is 4.39. The van der Waals surface area contributed by atoms with Crippen molar-refractivity contribution in [1.29, 1.82) is 0 Å². The summed E-state index contributed by atoms with van der Waals surface area (Å²) in [7, 11) is 4.76. The van der Waals surface area contributed by atoms with Crippen molar-refractivity contribution in [2.24, 2.45) is 0 Å². The highest BCUT2D eigenvalue weighted by Gasteiger charge is 2.11. The lowest BCUT2D eigenvalue weighted by atomic mass is 10.2. The zero-order chi connectivity index (χ0) is 11.4. The second kappa shape index (κ2) is 5.34. The number of benzene rings is 1. The van der Waals surface area contributed by atoms with Crippen molar-refractivity contribution in [3.63, 3.8) is 0 Å². The van der Waals surface area contributed by atoms with Crippen molar-refractivity contribution in [3.05, 3.63) is 22.2 Å². The number of nitrogens with zero attached hydrogens (tertiary/aromatic N) is 1. The van der Waals surface area contributed by atoms with E-state index in [1.54, 1.807) is 27.3 Å². The average Bonchev–Trinajstić information content (AvgIpc) is 2.20. The van der Waals surface area contributed by atoms with Gasteiger partial charge in [0.05, 0.1) is 20.8 Å². The first-order valence-corrected chi connectivity index (χ1v) is 5.18. The van der Waals surface area contributed by atoms with Gasteiger partial charge in [-0.05, 0) is 6.07 Å². The van der Waals surface area contributed by atoms with Crippen LogP contribution in [0.1, 0.15) is 5.56 Å². The van der Waals surface area contributed by atoms with E-state index in [2.05, 4.69) is 15.9 Å². The SMILES string of the molecule is COc1cc(Br)c(CN(C)O)c(OC)c1. The van der Waals surface area contributed by atoms with Crippen molar-refractivity contribution < 1.29 is 14.7 Å². The fourth-order valence-electron chi connectivity index (χ4n) is 1.27. The summed E-state index contributed by atoms with van der Waals surface area (Å²) in [4.78, 5) is 0. The van der Waals surface area contributed by atoms with Gasteiger partial charge in [0, 0.05) is 23.2 Å². The third-order valence-corrected chi connectivity index (χ3v) is 2.68. The van der Waals surface area contributed by atoms with Crippen LogP contribution in [0.4, 0.5) is 0 Å². The first kappa shape index (κ1) is 12.3. The maximum Gasteiger partial charge on any atom is 0.128 e. The van der Waals surface area contributed by atoms with E-state index in [9.17, 15) is 5.21 Å². The summed E-state index contributed by atoms with van der Waals surface area (Å²) >= 11 is 3.41. The molecular weight excluding hydrogens is 262 g/mol. The minimum atomic E-state index is 0.383. The Kier molecular flexibility index (Phi) is 4.38. The van der Waals surface area contributed by atoms with Gasteiger partial charge in [-0.3, -0.25) is 0 Å². The molecule has 0 bridgehead atoms. The standard InChI is InChI=1S/C10H14BrNO3/c1-12(13)6-8-9(11)4-7(14-2)5-10(8)15-3/h4-5,13H,6H2,1-3H3. The number of methoxy groups -OCH3 is 2. The molecule has 4 nitrogen and oxygen atoms in total. The number of halogens is 1. The van der Waals surface area contributed by atoms with Gasteiger partial charge in [-0.2, -0.15) is 5.06 Å². The molecule has 0 saturated heterocycles. The van der Waals surface area contributed by atoms with Crippen molar-refractivity contribution in [1.82, 2.24) is 5.06 Å². The molecule has 0 unspecified atom stereocenters. The van der Waals surface area contributed by atoms with Crippen molar-refractivity contribution in [2.45, 2.75) is 6.54 Å². The number of hydrogen-bond donors (Lipinski definition) is 1. The number of ether oxygens (including phenoxy) is 2. The molecule has 0 aliphatic carbocycles. The fraction of sp³-hybridized carbons (Fsp3) is 0.400. The predicted molar refractivity (Wildman–Crippen MR) is 60.5 cm³/mol. The van der Waals surface area contributed by atoms with E-state index >= 15 is 0 Å².